The average molecular weight is 493 g/mol. The van der Waals surface area contributed by atoms with Gasteiger partial charge < -0.3 is 15.0 Å². The molecule has 0 aliphatic carbocycles. The Hall–Kier alpha value is -3.31. The molecule has 5 nitrogen and oxygen atoms in total. The first-order valence-electron chi connectivity index (χ1n) is 11.7. The number of ether oxygens (including phenoxy) is 1. The Labute approximate surface area is 213 Å². The summed E-state index contributed by atoms with van der Waals surface area (Å²) in [6.07, 6.45) is 0.534. The van der Waals surface area contributed by atoms with E-state index in [0.29, 0.717) is 17.2 Å². The zero-order valence-electron chi connectivity index (χ0n) is 20.8. The van der Waals surface area contributed by atoms with Crippen molar-refractivity contribution in [3.05, 3.63) is 101 Å². The molecule has 0 radical (unpaired) electrons. The first kappa shape index (κ1) is 26.3. The molecule has 35 heavy (non-hydrogen) atoms. The topological polar surface area (TPSA) is 58.6 Å². The molecule has 1 N–H and O–H groups in total. The molecular weight excluding hydrogens is 460 g/mol. The summed E-state index contributed by atoms with van der Waals surface area (Å²) in [5.74, 6) is 0.354. The first-order valence-corrected chi connectivity index (χ1v) is 12.1. The molecule has 1 atom stereocenters. The van der Waals surface area contributed by atoms with Crippen LogP contribution in [-0.2, 0) is 29.0 Å². The van der Waals surface area contributed by atoms with Gasteiger partial charge >= 0.3 is 0 Å². The maximum absolute atomic E-state index is 13.8. The monoisotopic (exact) mass is 492 g/mol. The van der Waals surface area contributed by atoms with Crippen molar-refractivity contribution in [3.63, 3.8) is 0 Å². The Morgan fingerprint density at radius 3 is 2.23 bits per heavy atom. The van der Waals surface area contributed by atoms with Gasteiger partial charge in [-0.3, -0.25) is 9.59 Å². The molecule has 0 bridgehead atoms. The summed E-state index contributed by atoms with van der Waals surface area (Å²) in [4.78, 5) is 29.0. The number of nitrogens with one attached hydrogen (secondary N) is 1. The van der Waals surface area contributed by atoms with Crippen molar-refractivity contribution in [1.82, 2.24) is 10.2 Å². The Morgan fingerprint density at radius 1 is 0.914 bits per heavy atom. The highest BCUT2D eigenvalue weighted by molar-refractivity contribution is 6.30. The van der Waals surface area contributed by atoms with Gasteiger partial charge in [-0.25, -0.2) is 0 Å². The smallest absolute Gasteiger partial charge is 0.243 e. The van der Waals surface area contributed by atoms with E-state index in [-0.39, 0.29) is 24.8 Å². The van der Waals surface area contributed by atoms with E-state index < -0.39 is 11.6 Å². The van der Waals surface area contributed by atoms with Gasteiger partial charge in [-0.1, -0.05) is 66.2 Å². The van der Waals surface area contributed by atoms with E-state index in [1.807, 2.05) is 87.5 Å². The SMILES string of the molecule is COc1cccc(CN(C(=O)Cc2cccc(Cl)c2)[C@H](Cc2ccccc2)C(=O)NC(C)(C)C)c1. The summed E-state index contributed by atoms with van der Waals surface area (Å²) in [7, 11) is 1.61. The summed E-state index contributed by atoms with van der Waals surface area (Å²) in [6, 6.07) is 23.9. The second kappa shape index (κ2) is 11.9. The zero-order chi connectivity index (χ0) is 25.4. The fourth-order valence-electron chi connectivity index (χ4n) is 3.90. The van der Waals surface area contributed by atoms with Crippen molar-refractivity contribution in [2.24, 2.45) is 0 Å². The summed E-state index contributed by atoms with van der Waals surface area (Å²) >= 11 is 6.16. The minimum absolute atomic E-state index is 0.138. The molecule has 6 heteroatoms. The van der Waals surface area contributed by atoms with Crippen molar-refractivity contribution in [3.8, 4) is 5.75 Å². The first-order chi connectivity index (χ1) is 16.6. The summed E-state index contributed by atoms with van der Waals surface area (Å²) in [6.45, 7) is 6.08. The number of hydrogen-bond donors (Lipinski definition) is 1. The Kier molecular flexibility index (Phi) is 8.94. The van der Waals surface area contributed by atoms with Crippen LogP contribution in [0.5, 0.6) is 5.75 Å². The highest BCUT2D eigenvalue weighted by Gasteiger charge is 2.32. The molecule has 0 aromatic heterocycles. The van der Waals surface area contributed by atoms with Crippen LogP contribution in [0.3, 0.4) is 0 Å². The van der Waals surface area contributed by atoms with Gasteiger partial charge in [0.25, 0.3) is 0 Å². The maximum Gasteiger partial charge on any atom is 0.243 e. The van der Waals surface area contributed by atoms with E-state index in [1.54, 1.807) is 24.1 Å². The van der Waals surface area contributed by atoms with E-state index >= 15 is 0 Å². The van der Waals surface area contributed by atoms with Crippen LogP contribution < -0.4 is 10.1 Å². The number of halogens is 1. The molecule has 0 heterocycles. The predicted molar refractivity (Wildman–Crippen MR) is 141 cm³/mol. The van der Waals surface area contributed by atoms with Gasteiger partial charge in [0.05, 0.1) is 13.5 Å². The van der Waals surface area contributed by atoms with Crippen molar-refractivity contribution in [1.29, 1.82) is 0 Å². The van der Waals surface area contributed by atoms with Gasteiger partial charge in [-0.2, -0.15) is 0 Å². The molecule has 3 aromatic rings. The van der Waals surface area contributed by atoms with Gasteiger partial charge in [-0.15, -0.1) is 0 Å². The van der Waals surface area contributed by atoms with Crippen LogP contribution in [0.4, 0.5) is 0 Å². The number of benzene rings is 3. The lowest BCUT2D eigenvalue weighted by atomic mass is 9.99. The third-order valence-electron chi connectivity index (χ3n) is 5.50. The predicted octanol–water partition coefficient (Wildman–Crippen LogP) is 5.45. The lowest BCUT2D eigenvalue weighted by Crippen LogP contribution is -2.54. The quantitative estimate of drug-likeness (QED) is 0.432. The number of carbonyl (C=O) groups excluding carboxylic acids is 2. The van der Waals surface area contributed by atoms with E-state index in [2.05, 4.69) is 5.32 Å². The molecule has 0 spiro atoms. The van der Waals surface area contributed by atoms with Crippen molar-refractivity contribution in [2.75, 3.05) is 7.11 Å². The molecular formula is C29H33ClN2O3. The number of amides is 2. The van der Waals surface area contributed by atoms with Crippen molar-refractivity contribution < 1.29 is 14.3 Å². The van der Waals surface area contributed by atoms with Crippen LogP contribution in [0, 0.1) is 0 Å². The highest BCUT2D eigenvalue weighted by atomic mass is 35.5. The second-order valence-electron chi connectivity index (χ2n) is 9.62. The molecule has 0 fully saturated rings. The molecule has 184 valence electrons. The van der Waals surface area contributed by atoms with Crippen molar-refractivity contribution >= 4 is 23.4 Å². The lowest BCUT2D eigenvalue weighted by Gasteiger charge is -2.34. The third-order valence-corrected chi connectivity index (χ3v) is 5.74. The Morgan fingerprint density at radius 2 is 1.57 bits per heavy atom. The third kappa shape index (κ3) is 8.15. The summed E-state index contributed by atoms with van der Waals surface area (Å²) in [5.41, 5.74) is 2.22. The van der Waals surface area contributed by atoms with Gasteiger partial charge in [0.2, 0.25) is 11.8 Å². The molecule has 2 amide bonds. The van der Waals surface area contributed by atoms with Crippen LogP contribution in [0.25, 0.3) is 0 Å². The molecule has 0 saturated carbocycles. The minimum Gasteiger partial charge on any atom is -0.497 e. The van der Waals surface area contributed by atoms with Crippen LogP contribution in [0.1, 0.15) is 37.5 Å². The fraction of sp³-hybridized carbons (Fsp3) is 0.310. The normalized spacial score (nSPS) is 12.0. The molecule has 3 aromatic carbocycles. The maximum atomic E-state index is 13.8. The number of methoxy groups -OCH3 is 1. The number of nitrogens with zero attached hydrogens (tertiary/aromatic N) is 1. The summed E-state index contributed by atoms with van der Waals surface area (Å²) in [5, 5.41) is 3.65. The Balaban J connectivity index is 2.00. The molecule has 0 aliphatic rings. The minimum atomic E-state index is -0.700. The largest absolute Gasteiger partial charge is 0.497 e. The van der Waals surface area contributed by atoms with E-state index in [9.17, 15) is 9.59 Å². The van der Waals surface area contributed by atoms with Gasteiger partial charge in [-0.05, 0) is 61.7 Å². The Bertz CT molecular complexity index is 1140. The number of carbonyl (C=O) groups is 2. The van der Waals surface area contributed by atoms with Crippen LogP contribution >= 0.6 is 11.6 Å². The fourth-order valence-corrected chi connectivity index (χ4v) is 4.11. The molecule has 3 rings (SSSR count). The van der Waals surface area contributed by atoms with Crippen LogP contribution in [0.15, 0.2) is 78.9 Å². The lowest BCUT2D eigenvalue weighted by molar-refractivity contribution is -0.141. The van der Waals surface area contributed by atoms with Crippen LogP contribution in [-0.4, -0.2) is 35.4 Å². The number of rotatable bonds is 9. The average Bonchev–Trinajstić information content (AvgIpc) is 2.81. The van der Waals surface area contributed by atoms with Gasteiger partial charge in [0.15, 0.2) is 0 Å². The zero-order valence-corrected chi connectivity index (χ0v) is 21.5. The summed E-state index contributed by atoms with van der Waals surface area (Å²) < 4.78 is 5.38. The van der Waals surface area contributed by atoms with Crippen molar-refractivity contribution in [2.45, 2.75) is 51.7 Å². The molecule has 0 saturated heterocycles. The van der Waals surface area contributed by atoms with E-state index in [4.69, 9.17) is 16.3 Å². The molecule has 0 unspecified atom stereocenters. The second-order valence-corrected chi connectivity index (χ2v) is 10.1. The van der Waals surface area contributed by atoms with E-state index in [0.717, 1.165) is 16.7 Å². The molecule has 0 aliphatic heterocycles. The van der Waals surface area contributed by atoms with Gasteiger partial charge in [0, 0.05) is 23.5 Å². The highest BCUT2D eigenvalue weighted by Crippen LogP contribution is 2.21. The standard InChI is InChI=1S/C29H33ClN2O3/c1-29(2,3)31-28(34)26(18-21-10-6-5-7-11-21)32(20-23-13-9-15-25(17-23)35-4)27(33)19-22-12-8-14-24(30)16-22/h5-17,26H,18-20H2,1-4H3,(H,31,34)/t26-/m1/s1. The van der Waals surface area contributed by atoms with Crippen LogP contribution in [0.2, 0.25) is 5.02 Å². The number of hydrogen-bond acceptors (Lipinski definition) is 3. The van der Waals surface area contributed by atoms with Gasteiger partial charge in [0.1, 0.15) is 11.8 Å². The van der Waals surface area contributed by atoms with E-state index in [1.165, 1.54) is 0 Å².